The smallest absolute Gasteiger partial charge is 0.224 e. The molecule has 122 valence electrons. The number of aryl methyl sites for hydroxylation is 1. The molecule has 1 N–H and O–H groups in total. The Morgan fingerprint density at radius 3 is 2.67 bits per heavy atom. The topological polar surface area (TPSA) is 53.9 Å². The number of hydrogen-bond acceptors (Lipinski definition) is 5. The Bertz CT molecular complexity index is 789. The SMILES string of the molecule is CCN(c1cccc(C)c1)c1ccnc(NCc2ccccn2)n1. The third-order valence-corrected chi connectivity index (χ3v) is 3.70. The number of benzene rings is 1. The molecular weight excluding hydrogens is 298 g/mol. The maximum absolute atomic E-state index is 4.64. The van der Waals surface area contributed by atoms with Gasteiger partial charge in [0, 0.05) is 24.6 Å². The van der Waals surface area contributed by atoms with Gasteiger partial charge in [-0.15, -0.1) is 0 Å². The first-order chi connectivity index (χ1) is 11.8. The third kappa shape index (κ3) is 3.87. The molecule has 0 spiro atoms. The van der Waals surface area contributed by atoms with Gasteiger partial charge in [-0.1, -0.05) is 18.2 Å². The van der Waals surface area contributed by atoms with Gasteiger partial charge in [-0.05, 0) is 49.7 Å². The number of pyridine rings is 1. The van der Waals surface area contributed by atoms with Crippen LogP contribution >= 0.6 is 0 Å². The summed E-state index contributed by atoms with van der Waals surface area (Å²) >= 11 is 0. The maximum atomic E-state index is 4.64. The standard InChI is InChI=1S/C19H21N5/c1-3-24(17-9-6-7-15(2)13-17)18-10-12-21-19(23-18)22-14-16-8-4-5-11-20-16/h4-13H,3,14H2,1-2H3,(H,21,22,23). The van der Waals surface area contributed by atoms with Crippen molar-refractivity contribution in [1.29, 1.82) is 0 Å². The highest BCUT2D eigenvalue weighted by atomic mass is 15.2. The van der Waals surface area contributed by atoms with Crippen molar-refractivity contribution < 1.29 is 0 Å². The Hall–Kier alpha value is -2.95. The van der Waals surface area contributed by atoms with Gasteiger partial charge in [0.15, 0.2) is 0 Å². The first-order valence-corrected chi connectivity index (χ1v) is 8.07. The van der Waals surface area contributed by atoms with Gasteiger partial charge in [-0.3, -0.25) is 4.98 Å². The predicted molar refractivity (Wildman–Crippen MR) is 97.5 cm³/mol. The van der Waals surface area contributed by atoms with Crippen molar-refractivity contribution in [2.24, 2.45) is 0 Å². The van der Waals surface area contributed by atoms with Crippen molar-refractivity contribution >= 4 is 17.5 Å². The van der Waals surface area contributed by atoms with E-state index < -0.39 is 0 Å². The summed E-state index contributed by atoms with van der Waals surface area (Å²) in [5, 5.41) is 3.23. The summed E-state index contributed by atoms with van der Waals surface area (Å²) in [6, 6.07) is 16.2. The van der Waals surface area contributed by atoms with Crippen molar-refractivity contribution in [3.8, 4) is 0 Å². The van der Waals surface area contributed by atoms with Gasteiger partial charge in [0.05, 0.1) is 12.2 Å². The fourth-order valence-electron chi connectivity index (χ4n) is 2.53. The number of nitrogens with one attached hydrogen (secondary N) is 1. The Labute approximate surface area is 142 Å². The quantitative estimate of drug-likeness (QED) is 0.745. The van der Waals surface area contributed by atoms with E-state index in [2.05, 4.69) is 63.3 Å². The first-order valence-electron chi connectivity index (χ1n) is 8.07. The molecule has 0 atom stereocenters. The Balaban J connectivity index is 1.78. The molecular formula is C19H21N5. The Morgan fingerprint density at radius 2 is 1.92 bits per heavy atom. The highest BCUT2D eigenvalue weighted by Gasteiger charge is 2.10. The molecule has 0 aliphatic rings. The lowest BCUT2D eigenvalue weighted by Gasteiger charge is -2.22. The number of rotatable bonds is 6. The minimum Gasteiger partial charge on any atom is -0.349 e. The lowest BCUT2D eigenvalue weighted by molar-refractivity contribution is 0.956. The molecule has 0 aliphatic carbocycles. The minimum atomic E-state index is 0.598. The monoisotopic (exact) mass is 319 g/mol. The highest BCUT2D eigenvalue weighted by molar-refractivity contribution is 5.61. The highest BCUT2D eigenvalue weighted by Crippen LogP contribution is 2.24. The van der Waals surface area contributed by atoms with Crippen molar-refractivity contribution in [3.63, 3.8) is 0 Å². The van der Waals surface area contributed by atoms with Crippen LogP contribution in [-0.2, 0) is 6.54 Å². The van der Waals surface area contributed by atoms with E-state index in [1.165, 1.54) is 5.56 Å². The summed E-state index contributed by atoms with van der Waals surface area (Å²) in [4.78, 5) is 15.4. The number of anilines is 3. The molecule has 0 amide bonds. The van der Waals surface area contributed by atoms with Crippen LogP contribution in [0.4, 0.5) is 17.5 Å². The predicted octanol–water partition coefficient (Wildman–Crippen LogP) is 3.95. The maximum Gasteiger partial charge on any atom is 0.224 e. The molecule has 24 heavy (non-hydrogen) atoms. The summed E-state index contributed by atoms with van der Waals surface area (Å²) in [5.74, 6) is 1.48. The van der Waals surface area contributed by atoms with Crippen molar-refractivity contribution in [3.05, 3.63) is 72.2 Å². The van der Waals surface area contributed by atoms with Gasteiger partial charge in [0.1, 0.15) is 5.82 Å². The summed E-state index contributed by atoms with van der Waals surface area (Å²) in [6.45, 7) is 5.64. The molecule has 1 aromatic carbocycles. The number of aromatic nitrogens is 3. The van der Waals surface area contributed by atoms with Gasteiger partial charge in [0.25, 0.3) is 0 Å². The van der Waals surface area contributed by atoms with E-state index >= 15 is 0 Å². The Kier molecular flexibility index (Phi) is 5.01. The second-order valence-electron chi connectivity index (χ2n) is 5.50. The molecule has 0 fully saturated rings. The van der Waals surface area contributed by atoms with Crippen LogP contribution in [0.25, 0.3) is 0 Å². The van der Waals surface area contributed by atoms with E-state index in [1.807, 2.05) is 24.3 Å². The normalized spacial score (nSPS) is 10.4. The van der Waals surface area contributed by atoms with Gasteiger partial charge >= 0.3 is 0 Å². The molecule has 5 nitrogen and oxygen atoms in total. The molecule has 2 aromatic heterocycles. The zero-order valence-electron chi connectivity index (χ0n) is 14.0. The number of nitrogens with zero attached hydrogens (tertiary/aromatic N) is 4. The second-order valence-corrected chi connectivity index (χ2v) is 5.50. The molecule has 3 aromatic rings. The van der Waals surface area contributed by atoms with E-state index in [4.69, 9.17) is 0 Å². The largest absolute Gasteiger partial charge is 0.349 e. The zero-order chi connectivity index (χ0) is 16.8. The lowest BCUT2D eigenvalue weighted by atomic mass is 10.2. The first kappa shape index (κ1) is 15.9. The van der Waals surface area contributed by atoms with Crippen LogP contribution in [0.3, 0.4) is 0 Å². The fraction of sp³-hybridized carbons (Fsp3) is 0.211. The molecule has 3 rings (SSSR count). The molecule has 0 bridgehead atoms. The Morgan fingerprint density at radius 1 is 1.00 bits per heavy atom. The molecule has 5 heteroatoms. The molecule has 0 unspecified atom stereocenters. The van der Waals surface area contributed by atoms with Crippen molar-refractivity contribution in [2.45, 2.75) is 20.4 Å². The average molecular weight is 319 g/mol. The summed E-state index contributed by atoms with van der Waals surface area (Å²) in [5.41, 5.74) is 3.32. The number of hydrogen-bond donors (Lipinski definition) is 1. The summed E-state index contributed by atoms with van der Waals surface area (Å²) in [6.07, 6.45) is 3.56. The van der Waals surface area contributed by atoms with Crippen LogP contribution < -0.4 is 10.2 Å². The lowest BCUT2D eigenvalue weighted by Crippen LogP contribution is -2.18. The molecule has 0 aliphatic heterocycles. The van der Waals surface area contributed by atoms with Crippen LogP contribution in [0.5, 0.6) is 0 Å². The summed E-state index contributed by atoms with van der Waals surface area (Å²) < 4.78 is 0. The van der Waals surface area contributed by atoms with Crippen molar-refractivity contribution in [2.75, 3.05) is 16.8 Å². The zero-order valence-corrected chi connectivity index (χ0v) is 14.0. The van der Waals surface area contributed by atoms with E-state index in [0.717, 1.165) is 23.7 Å². The van der Waals surface area contributed by atoms with E-state index in [0.29, 0.717) is 12.5 Å². The molecule has 2 heterocycles. The second kappa shape index (κ2) is 7.55. The molecule has 0 radical (unpaired) electrons. The van der Waals surface area contributed by atoms with E-state index in [-0.39, 0.29) is 0 Å². The van der Waals surface area contributed by atoms with Gasteiger partial charge in [-0.2, -0.15) is 4.98 Å². The van der Waals surface area contributed by atoms with E-state index in [1.54, 1.807) is 12.4 Å². The van der Waals surface area contributed by atoms with Crippen LogP contribution in [-0.4, -0.2) is 21.5 Å². The molecule has 0 saturated heterocycles. The third-order valence-electron chi connectivity index (χ3n) is 3.70. The van der Waals surface area contributed by atoms with Gasteiger partial charge in [-0.25, -0.2) is 4.98 Å². The molecule has 0 saturated carbocycles. The van der Waals surface area contributed by atoms with Crippen LogP contribution in [0.15, 0.2) is 60.9 Å². The van der Waals surface area contributed by atoms with Crippen LogP contribution in [0.2, 0.25) is 0 Å². The minimum absolute atomic E-state index is 0.598. The van der Waals surface area contributed by atoms with Crippen LogP contribution in [0.1, 0.15) is 18.2 Å². The van der Waals surface area contributed by atoms with Crippen molar-refractivity contribution in [1.82, 2.24) is 15.0 Å². The van der Waals surface area contributed by atoms with Crippen LogP contribution in [0, 0.1) is 6.92 Å². The summed E-state index contributed by atoms with van der Waals surface area (Å²) in [7, 11) is 0. The fourth-order valence-corrected chi connectivity index (χ4v) is 2.53. The average Bonchev–Trinajstić information content (AvgIpc) is 2.62. The van der Waals surface area contributed by atoms with Gasteiger partial charge < -0.3 is 10.2 Å². The van der Waals surface area contributed by atoms with Gasteiger partial charge in [0.2, 0.25) is 5.95 Å². The van der Waals surface area contributed by atoms with E-state index in [9.17, 15) is 0 Å².